The normalized spacial score (nSPS) is 13.6. The highest BCUT2D eigenvalue weighted by Crippen LogP contribution is 2.28. The third kappa shape index (κ3) is 3.33. The molecule has 0 atom stereocenters. The molecule has 1 heterocycles. The summed E-state index contributed by atoms with van der Waals surface area (Å²) < 4.78 is 6.49. The fraction of sp³-hybridized carbons (Fsp3) is 0.278. The van der Waals surface area contributed by atoms with E-state index in [4.69, 9.17) is 4.74 Å². The number of amides is 1. The van der Waals surface area contributed by atoms with Crippen LogP contribution < -0.4 is 0 Å². The Morgan fingerprint density at radius 1 is 1.27 bits per heavy atom. The molecule has 0 unspecified atom stereocenters. The molecule has 0 fully saturated rings. The predicted octanol–water partition coefficient (Wildman–Crippen LogP) is 4.45. The molecule has 3 rings (SSSR count). The van der Waals surface area contributed by atoms with Gasteiger partial charge < -0.3 is 9.64 Å². The number of aryl methyl sites for hydroxylation is 1. The summed E-state index contributed by atoms with van der Waals surface area (Å²) in [5, 5.41) is 0. The van der Waals surface area contributed by atoms with E-state index in [1.54, 1.807) is 4.90 Å². The quantitative estimate of drug-likeness (QED) is 0.792. The minimum atomic E-state index is -0.248. The van der Waals surface area contributed by atoms with Crippen molar-refractivity contribution in [3.63, 3.8) is 0 Å². The topological polar surface area (TPSA) is 29.5 Å². The summed E-state index contributed by atoms with van der Waals surface area (Å²) in [7, 11) is 0. The third-order valence-corrected chi connectivity index (χ3v) is 4.60. The predicted molar refractivity (Wildman–Crippen MR) is 89.6 cm³/mol. The molecule has 2 aromatic rings. The third-order valence-electron chi connectivity index (χ3n) is 3.90. The van der Waals surface area contributed by atoms with Crippen LogP contribution >= 0.6 is 15.9 Å². The zero-order valence-electron chi connectivity index (χ0n) is 12.5. The van der Waals surface area contributed by atoms with E-state index in [-0.39, 0.29) is 6.09 Å². The highest BCUT2D eigenvalue weighted by atomic mass is 79.9. The molecule has 1 aliphatic rings. The van der Waals surface area contributed by atoms with Gasteiger partial charge in [-0.1, -0.05) is 52.3 Å². The molecule has 0 N–H and O–H groups in total. The average Bonchev–Trinajstić information content (AvgIpc) is 2.53. The summed E-state index contributed by atoms with van der Waals surface area (Å²) in [6.45, 7) is 3.71. The van der Waals surface area contributed by atoms with Gasteiger partial charge in [0.2, 0.25) is 0 Å². The van der Waals surface area contributed by atoms with Crippen LogP contribution in [0.5, 0.6) is 0 Å². The van der Waals surface area contributed by atoms with Crippen molar-refractivity contribution in [3.05, 3.63) is 69.2 Å². The molecular formula is C18H18BrNO2. The van der Waals surface area contributed by atoms with Crippen molar-refractivity contribution in [2.24, 2.45) is 0 Å². The number of carbonyl (C=O) groups is 1. The Labute approximate surface area is 139 Å². The number of carbonyl (C=O) groups excluding carboxylic acids is 1. The van der Waals surface area contributed by atoms with Crippen LogP contribution in [0.2, 0.25) is 0 Å². The number of ether oxygens (including phenoxy) is 1. The summed E-state index contributed by atoms with van der Waals surface area (Å²) >= 11 is 3.61. The SMILES string of the molecule is Cc1cc(Br)c2c(c1)CCN(C(=O)OCc1ccccc1)C2. The van der Waals surface area contributed by atoms with Crippen molar-refractivity contribution in [3.8, 4) is 0 Å². The Bertz CT molecular complexity index is 685. The number of nitrogens with zero attached hydrogens (tertiary/aromatic N) is 1. The fourth-order valence-corrected chi connectivity index (χ4v) is 3.48. The molecule has 0 radical (unpaired) electrons. The van der Waals surface area contributed by atoms with Crippen LogP contribution in [0.3, 0.4) is 0 Å². The number of hydrogen-bond donors (Lipinski definition) is 0. The highest BCUT2D eigenvalue weighted by molar-refractivity contribution is 9.10. The number of fused-ring (bicyclic) bond motifs is 1. The van der Waals surface area contributed by atoms with Gasteiger partial charge in [0.1, 0.15) is 6.61 Å². The standard InChI is InChI=1S/C18H18BrNO2/c1-13-9-15-7-8-20(11-16(15)17(19)10-13)18(21)22-12-14-5-3-2-4-6-14/h2-6,9-10H,7-8,11-12H2,1H3. The molecule has 0 bridgehead atoms. The maximum atomic E-state index is 12.2. The van der Waals surface area contributed by atoms with Gasteiger partial charge in [-0.25, -0.2) is 4.79 Å². The maximum Gasteiger partial charge on any atom is 0.410 e. The Hall–Kier alpha value is -1.81. The largest absolute Gasteiger partial charge is 0.445 e. The summed E-state index contributed by atoms with van der Waals surface area (Å²) in [4.78, 5) is 14.0. The van der Waals surface area contributed by atoms with Crippen LogP contribution in [0.1, 0.15) is 22.3 Å². The van der Waals surface area contributed by atoms with Crippen molar-refractivity contribution >= 4 is 22.0 Å². The molecule has 0 saturated heterocycles. The van der Waals surface area contributed by atoms with Crippen LogP contribution in [-0.4, -0.2) is 17.5 Å². The number of hydrogen-bond acceptors (Lipinski definition) is 2. The van der Waals surface area contributed by atoms with Gasteiger partial charge >= 0.3 is 6.09 Å². The molecule has 0 saturated carbocycles. The van der Waals surface area contributed by atoms with Crippen molar-refractivity contribution in [1.29, 1.82) is 0 Å². The molecule has 0 aliphatic carbocycles. The number of halogens is 1. The second-order valence-electron chi connectivity index (χ2n) is 5.60. The monoisotopic (exact) mass is 359 g/mol. The summed E-state index contributed by atoms with van der Waals surface area (Å²) in [5.41, 5.74) is 4.75. The van der Waals surface area contributed by atoms with E-state index in [2.05, 4.69) is 35.0 Å². The molecule has 1 aliphatic heterocycles. The van der Waals surface area contributed by atoms with Crippen LogP contribution in [0.15, 0.2) is 46.9 Å². The van der Waals surface area contributed by atoms with Gasteiger partial charge in [-0.2, -0.15) is 0 Å². The summed E-state index contributed by atoms with van der Waals surface area (Å²) in [6.07, 6.45) is 0.623. The number of rotatable bonds is 2. The van der Waals surface area contributed by atoms with E-state index in [1.807, 2.05) is 30.3 Å². The maximum absolute atomic E-state index is 12.2. The fourth-order valence-electron chi connectivity index (χ4n) is 2.74. The van der Waals surface area contributed by atoms with E-state index in [0.717, 1.165) is 16.5 Å². The van der Waals surface area contributed by atoms with E-state index >= 15 is 0 Å². The van der Waals surface area contributed by atoms with Gasteiger partial charge in [0.15, 0.2) is 0 Å². The van der Waals surface area contributed by atoms with Gasteiger partial charge in [-0.3, -0.25) is 0 Å². The van der Waals surface area contributed by atoms with Crippen LogP contribution in [0, 0.1) is 6.92 Å². The molecule has 114 valence electrons. The molecule has 1 amide bonds. The smallest absolute Gasteiger partial charge is 0.410 e. The van der Waals surface area contributed by atoms with Gasteiger partial charge in [-0.15, -0.1) is 0 Å². The van der Waals surface area contributed by atoms with E-state index < -0.39 is 0 Å². The van der Waals surface area contributed by atoms with E-state index in [1.165, 1.54) is 16.7 Å². The Balaban J connectivity index is 1.65. The van der Waals surface area contributed by atoms with Crippen LogP contribution in [0.4, 0.5) is 4.79 Å². The Morgan fingerprint density at radius 2 is 2.05 bits per heavy atom. The van der Waals surface area contributed by atoms with Crippen molar-refractivity contribution in [1.82, 2.24) is 4.90 Å². The first-order chi connectivity index (χ1) is 10.6. The summed E-state index contributed by atoms with van der Waals surface area (Å²) in [5.74, 6) is 0. The zero-order chi connectivity index (χ0) is 15.5. The minimum Gasteiger partial charge on any atom is -0.445 e. The molecule has 3 nitrogen and oxygen atoms in total. The summed E-state index contributed by atoms with van der Waals surface area (Å²) in [6, 6.07) is 14.0. The van der Waals surface area contributed by atoms with Gasteiger partial charge in [0.25, 0.3) is 0 Å². The van der Waals surface area contributed by atoms with Crippen molar-refractivity contribution in [2.75, 3.05) is 6.54 Å². The van der Waals surface area contributed by atoms with Crippen LogP contribution in [0.25, 0.3) is 0 Å². The first kappa shape index (κ1) is 15.1. The second-order valence-corrected chi connectivity index (χ2v) is 6.45. The van der Waals surface area contributed by atoms with Crippen molar-refractivity contribution < 1.29 is 9.53 Å². The average molecular weight is 360 g/mol. The molecule has 0 aromatic heterocycles. The molecule has 0 spiro atoms. The van der Waals surface area contributed by atoms with Crippen LogP contribution in [-0.2, 0) is 24.3 Å². The first-order valence-electron chi connectivity index (χ1n) is 7.37. The highest BCUT2D eigenvalue weighted by Gasteiger charge is 2.23. The zero-order valence-corrected chi connectivity index (χ0v) is 14.1. The van der Waals surface area contributed by atoms with Gasteiger partial charge in [0.05, 0.1) is 6.54 Å². The number of benzene rings is 2. The Kier molecular flexibility index (Phi) is 4.48. The molecule has 22 heavy (non-hydrogen) atoms. The Morgan fingerprint density at radius 3 is 2.82 bits per heavy atom. The minimum absolute atomic E-state index is 0.248. The lowest BCUT2D eigenvalue weighted by Crippen LogP contribution is -2.36. The lowest BCUT2D eigenvalue weighted by Gasteiger charge is -2.29. The second kappa shape index (κ2) is 6.53. The lowest BCUT2D eigenvalue weighted by molar-refractivity contribution is 0.0918. The molecular weight excluding hydrogens is 342 g/mol. The molecule has 2 aromatic carbocycles. The van der Waals surface area contributed by atoms with Gasteiger partial charge in [-0.05, 0) is 41.7 Å². The van der Waals surface area contributed by atoms with E-state index in [9.17, 15) is 4.79 Å². The van der Waals surface area contributed by atoms with Gasteiger partial charge in [0, 0.05) is 11.0 Å². The first-order valence-corrected chi connectivity index (χ1v) is 8.16. The van der Waals surface area contributed by atoms with E-state index in [0.29, 0.717) is 19.7 Å². The molecule has 4 heteroatoms. The van der Waals surface area contributed by atoms with Crippen molar-refractivity contribution in [2.45, 2.75) is 26.5 Å². The lowest BCUT2D eigenvalue weighted by atomic mass is 9.98.